The number of aliphatic hydroxyl groups excluding tert-OH is 1. The maximum atomic E-state index is 12.4. The minimum atomic E-state index is -0.320. The molecule has 24 heavy (non-hydrogen) atoms. The number of rotatable bonds is 6. The van der Waals surface area contributed by atoms with E-state index in [1.807, 2.05) is 55.5 Å². The highest BCUT2D eigenvalue weighted by Gasteiger charge is 2.15. The van der Waals surface area contributed by atoms with E-state index in [0.29, 0.717) is 12.3 Å². The average Bonchev–Trinajstić information content (AvgIpc) is 2.56. The van der Waals surface area contributed by atoms with Crippen LogP contribution < -0.4 is 10.6 Å². The van der Waals surface area contributed by atoms with Gasteiger partial charge in [0.15, 0.2) is 0 Å². The van der Waals surface area contributed by atoms with Crippen LogP contribution in [0.4, 0.5) is 10.5 Å². The minimum Gasteiger partial charge on any atom is -0.394 e. The first-order valence-electron chi connectivity index (χ1n) is 8.33. The number of amides is 2. The third-order valence-corrected chi connectivity index (χ3v) is 4.05. The van der Waals surface area contributed by atoms with Crippen molar-refractivity contribution in [1.82, 2.24) is 5.32 Å². The molecule has 0 fully saturated rings. The lowest BCUT2D eigenvalue weighted by atomic mass is 9.98. The highest BCUT2D eigenvalue weighted by molar-refractivity contribution is 5.91. The van der Waals surface area contributed by atoms with Crippen LogP contribution in [0.2, 0.25) is 0 Å². The molecule has 0 radical (unpaired) electrons. The van der Waals surface area contributed by atoms with E-state index in [-0.39, 0.29) is 18.7 Å². The number of benzene rings is 2. The third kappa shape index (κ3) is 4.83. The smallest absolute Gasteiger partial charge is 0.319 e. The summed E-state index contributed by atoms with van der Waals surface area (Å²) in [5.41, 5.74) is 4.06. The molecule has 1 atom stereocenters. The number of carbonyl (C=O) groups is 1. The third-order valence-electron chi connectivity index (χ3n) is 4.05. The van der Waals surface area contributed by atoms with Gasteiger partial charge in [0.1, 0.15) is 0 Å². The molecule has 4 nitrogen and oxygen atoms in total. The molecule has 2 aromatic rings. The molecule has 1 unspecified atom stereocenters. The first kappa shape index (κ1) is 18.0. The number of urea groups is 1. The van der Waals surface area contributed by atoms with Crippen LogP contribution >= 0.6 is 0 Å². The summed E-state index contributed by atoms with van der Waals surface area (Å²) >= 11 is 0. The van der Waals surface area contributed by atoms with E-state index in [0.717, 1.165) is 22.4 Å². The molecule has 2 aromatic carbocycles. The Kier molecular flexibility index (Phi) is 6.38. The highest BCUT2D eigenvalue weighted by atomic mass is 16.3. The van der Waals surface area contributed by atoms with Gasteiger partial charge in [-0.15, -0.1) is 0 Å². The van der Waals surface area contributed by atoms with Gasteiger partial charge in [0, 0.05) is 5.69 Å². The van der Waals surface area contributed by atoms with E-state index in [9.17, 15) is 9.90 Å². The molecule has 0 aromatic heterocycles. The normalized spacial score (nSPS) is 12.0. The monoisotopic (exact) mass is 326 g/mol. The molecular formula is C20H26N2O2. The molecule has 0 saturated heterocycles. The van der Waals surface area contributed by atoms with Gasteiger partial charge in [-0.05, 0) is 36.0 Å². The topological polar surface area (TPSA) is 61.4 Å². The molecule has 4 heteroatoms. The molecule has 2 rings (SSSR count). The predicted octanol–water partition coefficient (Wildman–Crippen LogP) is 3.84. The Morgan fingerprint density at radius 1 is 1.08 bits per heavy atom. The Morgan fingerprint density at radius 3 is 2.42 bits per heavy atom. The number of anilines is 1. The van der Waals surface area contributed by atoms with E-state index in [4.69, 9.17) is 0 Å². The number of hydrogen-bond donors (Lipinski definition) is 3. The van der Waals surface area contributed by atoms with Crippen molar-refractivity contribution in [1.29, 1.82) is 0 Å². The number of aryl methyl sites for hydroxylation is 1. The second-order valence-corrected chi connectivity index (χ2v) is 6.36. The summed E-state index contributed by atoms with van der Waals surface area (Å²) in [7, 11) is 0. The number of para-hydroxylation sites is 1. The fourth-order valence-electron chi connectivity index (χ4n) is 2.74. The van der Waals surface area contributed by atoms with Crippen molar-refractivity contribution < 1.29 is 9.90 Å². The van der Waals surface area contributed by atoms with Crippen molar-refractivity contribution in [2.75, 3.05) is 11.9 Å². The molecule has 0 aliphatic rings. The fourth-order valence-corrected chi connectivity index (χ4v) is 2.74. The molecule has 0 spiro atoms. The predicted molar refractivity (Wildman–Crippen MR) is 98.4 cm³/mol. The van der Waals surface area contributed by atoms with Gasteiger partial charge in [0.05, 0.1) is 12.6 Å². The largest absolute Gasteiger partial charge is 0.394 e. The Morgan fingerprint density at radius 2 is 1.79 bits per heavy atom. The standard InChI is InChI=1S/C20H26N2O2/c1-14(2)18-11-7-8-15(3)19(18)22-20(24)21-17(13-23)12-16-9-5-4-6-10-16/h4-11,14,17,23H,12-13H2,1-3H3,(H2,21,22,24). The van der Waals surface area contributed by atoms with Crippen LogP contribution in [0.1, 0.15) is 36.5 Å². The first-order chi connectivity index (χ1) is 11.5. The molecule has 0 aliphatic carbocycles. The summed E-state index contributed by atoms with van der Waals surface area (Å²) in [6.45, 7) is 6.08. The first-order valence-corrected chi connectivity index (χ1v) is 8.33. The van der Waals surface area contributed by atoms with E-state index in [2.05, 4.69) is 24.5 Å². The van der Waals surface area contributed by atoms with Crippen molar-refractivity contribution >= 4 is 11.7 Å². The van der Waals surface area contributed by atoms with E-state index in [1.165, 1.54) is 0 Å². The maximum absolute atomic E-state index is 12.4. The van der Waals surface area contributed by atoms with Gasteiger partial charge < -0.3 is 15.7 Å². The lowest BCUT2D eigenvalue weighted by Crippen LogP contribution is -2.41. The molecule has 0 bridgehead atoms. The summed E-state index contributed by atoms with van der Waals surface area (Å²) < 4.78 is 0. The molecular weight excluding hydrogens is 300 g/mol. The van der Waals surface area contributed by atoms with Crippen LogP contribution in [-0.4, -0.2) is 23.8 Å². The second kappa shape index (κ2) is 8.50. The van der Waals surface area contributed by atoms with Crippen LogP contribution in [0.3, 0.4) is 0 Å². The summed E-state index contributed by atoms with van der Waals surface area (Å²) in [6, 6.07) is 15.2. The zero-order chi connectivity index (χ0) is 17.5. The highest BCUT2D eigenvalue weighted by Crippen LogP contribution is 2.27. The summed E-state index contributed by atoms with van der Waals surface area (Å²) in [5.74, 6) is 0.318. The molecule has 0 saturated carbocycles. The van der Waals surface area contributed by atoms with E-state index >= 15 is 0 Å². The van der Waals surface area contributed by atoms with E-state index < -0.39 is 0 Å². The average molecular weight is 326 g/mol. The van der Waals surface area contributed by atoms with Crippen LogP contribution in [0, 0.1) is 6.92 Å². The summed E-state index contributed by atoms with van der Waals surface area (Å²) in [6.07, 6.45) is 0.593. The van der Waals surface area contributed by atoms with Gasteiger partial charge >= 0.3 is 6.03 Å². The number of nitrogens with one attached hydrogen (secondary N) is 2. The van der Waals surface area contributed by atoms with Crippen LogP contribution in [-0.2, 0) is 6.42 Å². The summed E-state index contributed by atoms with van der Waals surface area (Å²) in [4.78, 5) is 12.4. The van der Waals surface area contributed by atoms with Crippen LogP contribution in [0.5, 0.6) is 0 Å². The zero-order valence-corrected chi connectivity index (χ0v) is 14.5. The molecule has 0 aliphatic heterocycles. The lowest BCUT2D eigenvalue weighted by Gasteiger charge is -2.20. The van der Waals surface area contributed by atoms with Gasteiger partial charge in [-0.1, -0.05) is 62.4 Å². The Bertz CT molecular complexity index is 669. The van der Waals surface area contributed by atoms with E-state index in [1.54, 1.807) is 0 Å². The minimum absolute atomic E-state index is 0.104. The number of hydrogen-bond acceptors (Lipinski definition) is 2. The molecule has 128 valence electrons. The van der Waals surface area contributed by atoms with Gasteiger partial charge in [-0.25, -0.2) is 4.79 Å². The van der Waals surface area contributed by atoms with Gasteiger partial charge in [0.25, 0.3) is 0 Å². The number of aliphatic hydroxyl groups is 1. The van der Waals surface area contributed by atoms with Gasteiger partial charge in [-0.3, -0.25) is 0 Å². The maximum Gasteiger partial charge on any atom is 0.319 e. The fraction of sp³-hybridized carbons (Fsp3) is 0.350. The molecule has 3 N–H and O–H groups in total. The number of carbonyl (C=O) groups excluding carboxylic acids is 1. The van der Waals surface area contributed by atoms with Crippen molar-refractivity contribution in [3.8, 4) is 0 Å². The molecule has 0 heterocycles. The Hall–Kier alpha value is -2.33. The SMILES string of the molecule is Cc1cccc(C(C)C)c1NC(=O)NC(CO)Cc1ccccc1. The van der Waals surface area contributed by atoms with Crippen molar-refractivity contribution in [2.24, 2.45) is 0 Å². The van der Waals surface area contributed by atoms with Crippen LogP contribution in [0.25, 0.3) is 0 Å². The Balaban J connectivity index is 2.04. The lowest BCUT2D eigenvalue weighted by molar-refractivity contribution is 0.224. The molecule has 2 amide bonds. The quantitative estimate of drug-likeness (QED) is 0.755. The van der Waals surface area contributed by atoms with Crippen molar-refractivity contribution in [2.45, 2.75) is 39.2 Å². The zero-order valence-electron chi connectivity index (χ0n) is 14.5. The van der Waals surface area contributed by atoms with Crippen molar-refractivity contribution in [3.05, 3.63) is 65.2 Å². The summed E-state index contributed by atoms with van der Waals surface area (Å²) in [5, 5.41) is 15.4. The van der Waals surface area contributed by atoms with Gasteiger partial charge in [-0.2, -0.15) is 0 Å². The van der Waals surface area contributed by atoms with Crippen molar-refractivity contribution in [3.63, 3.8) is 0 Å². The van der Waals surface area contributed by atoms with Gasteiger partial charge in [0.2, 0.25) is 0 Å². The second-order valence-electron chi connectivity index (χ2n) is 6.36. The Labute approximate surface area is 143 Å². The van der Waals surface area contributed by atoms with Crippen LogP contribution in [0.15, 0.2) is 48.5 Å².